The van der Waals surface area contributed by atoms with Gasteiger partial charge in [0.25, 0.3) is 5.91 Å². The van der Waals surface area contributed by atoms with Crippen LogP contribution in [0.1, 0.15) is 42.6 Å². The highest BCUT2D eigenvalue weighted by molar-refractivity contribution is 7.89. The highest BCUT2D eigenvalue weighted by Gasteiger charge is 2.35. The number of aromatic nitrogens is 1. The van der Waals surface area contributed by atoms with E-state index in [1.54, 1.807) is 24.1 Å². The van der Waals surface area contributed by atoms with Gasteiger partial charge < -0.3 is 4.90 Å². The lowest BCUT2D eigenvalue weighted by atomic mass is 10.2. The molecule has 2 aromatic carbocycles. The summed E-state index contributed by atoms with van der Waals surface area (Å²) in [5.74, 6) is -0.218. The van der Waals surface area contributed by atoms with Gasteiger partial charge in [0.1, 0.15) is 0 Å². The number of aryl methyl sites for hydroxylation is 1. The molecule has 0 spiro atoms. The van der Waals surface area contributed by atoms with Crippen molar-refractivity contribution in [3.05, 3.63) is 52.5 Å². The van der Waals surface area contributed by atoms with Crippen LogP contribution in [0.3, 0.4) is 0 Å². The van der Waals surface area contributed by atoms with Crippen LogP contribution in [-0.2, 0) is 10.0 Å². The smallest absolute Gasteiger partial charge is 0.260 e. The molecule has 1 heterocycles. The van der Waals surface area contributed by atoms with Crippen molar-refractivity contribution in [2.45, 2.75) is 44.6 Å². The first kappa shape index (κ1) is 26.0. The van der Waals surface area contributed by atoms with E-state index < -0.39 is 10.0 Å². The van der Waals surface area contributed by atoms with Gasteiger partial charge in [-0.1, -0.05) is 42.9 Å². The molecule has 1 aromatic heterocycles. The molecule has 0 N–H and O–H groups in total. The number of carbonyl (C=O) groups is 1. The summed E-state index contributed by atoms with van der Waals surface area (Å²) in [6, 6.07) is 10.1. The Morgan fingerprint density at radius 2 is 1.74 bits per heavy atom. The summed E-state index contributed by atoms with van der Waals surface area (Å²) in [5, 5.41) is 1.19. The van der Waals surface area contributed by atoms with E-state index in [0.717, 1.165) is 41.7 Å². The molecule has 10 heteroatoms. The molecule has 0 atom stereocenters. The fourth-order valence-corrected chi connectivity index (χ4v) is 6.75. The SMILES string of the molecule is CCN(CC)CCN(C(=O)c1ccc(S(=O)(=O)N(C)C2CC2)cc1)c1nc2c(C)ccc(Cl)c2s1. The number of halogens is 1. The lowest BCUT2D eigenvalue weighted by molar-refractivity contribution is 0.0983. The number of rotatable bonds is 10. The van der Waals surface area contributed by atoms with Crippen LogP contribution in [0.2, 0.25) is 5.02 Å². The molecule has 1 aliphatic carbocycles. The van der Waals surface area contributed by atoms with E-state index in [9.17, 15) is 13.2 Å². The predicted octanol–water partition coefficient (Wildman–Crippen LogP) is 5.03. The van der Waals surface area contributed by atoms with Gasteiger partial charge in [0.15, 0.2) is 5.13 Å². The van der Waals surface area contributed by atoms with Crippen molar-refractivity contribution in [2.24, 2.45) is 0 Å². The van der Waals surface area contributed by atoms with Gasteiger partial charge in [-0.2, -0.15) is 4.31 Å². The third-order valence-corrected chi connectivity index (χ3v) is 10.00. The summed E-state index contributed by atoms with van der Waals surface area (Å²) in [7, 11) is -1.96. The van der Waals surface area contributed by atoms with E-state index in [4.69, 9.17) is 16.6 Å². The van der Waals surface area contributed by atoms with Crippen LogP contribution in [0, 0.1) is 6.92 Å². The predicted molar refractivity (Wildman–Crippen MR) is 143 cm³/mol. The largest absolute Gasteiger partial charge is 0.302 e. The summed E-state index contributed by atoms with van der Waals surface area (Å²) in [6.07, 6.45) is 1.78. The monoisotopic (exact) mass is 534 g/mol. The van der Waals surface area contributed by atoms with Crippen molar-refractivity contribution in [3.63, 3.8) is 0 Å². The van der Waals surface area contributed by atoms with Crippen LogP contribution in [0.5, 0.6) is 0 Å². The van der Waals surface area contributed by atoms with Gasteiger partial charge in [-0.3, -0.25) is 9.69 Å². The van der Waals surface area contributed by atoms with Crippen molar-refractivity contribution in [1.29, 1.82) is 0 Å². The molecule has 188 valence electrons. The summed E-state index contributed by atoms with van der Waals surface area (Å²) in [6.45, 7) is 9.07. The number of fused-ring (bicyclic) bond motifs is 1. The fraction of sp³-hybridized carbons (Fsp3) is 0.440. The van der Waals surface area contributed by atoms with Crippen molar-refractivity contribution in [3.8, 4) is 0 Å². The number of thiazole rings is 1. The summed E-state index contributed by atoms with van der Waals surface area (Å²) < 4.78 is 28.0. The average Bonchev–Trinajstić information content (AvgIpc) is 3.61. The number of hydrogen-bond donors (Lipinski definition) is 0. The van der Waals surface area contributed by atoms with Gasteiger partial charge in [-0.25, -0.2) is 13.4 Å². The first-order chi connectivity index (χ1) is 16.7. The molecule has 0 radical (unpaired) electrons. The maximum Gasteiger partial charge on any atom is 0.260 e. The minimum atomic E-state index is -3.57. The Balaban J connectivity index is 1.66. The average molecular weight is 535 g/mol. The molecule has 1 saturated carbocycles. The zero-order valence-corrected chi connectivity index (χ0v) is 22.9. The van der Waals surface area contributed by atoms with E-state index in [2.05, 4.69) is 18.7 Å². The lowest BCUT2D eigenvalue weighted by Gasteiger charge is -2.25. The van der Waals surface area contributed by atoms with Gasteiger partial charge in [-0.05, 0) is 68.8 Å². The molecule has 0 unspecified atom stereocenters. The highest BCUT2D eigenvalue weighted by Crippen LogP contribution is 2.36. The first-order valence-electron chi connectivity index (χ1n) is 11.8. The van der Waals surface area contributed by atoms with Gasteiger partial charge in [-0.15, -0.1) is 0 Å². The zero-order chi connectivity index (χ0) is 25.3. The number of amides is 1. The van der Waals surface area contributed by atoms with Crippen LogP contribution in [0.25, 0.3) is 10.2 Å². The van der Waals surface area contributed by atoms with Crippen LogP contribution >= 0.6 is 22.9 Å². The van der Waals surface area contributed by atoms with Gasteiger partial charge in [0.2, 0.25) is 10.0 Å². The Hall–Kier alpha value is -2.04. The molecule has 0 bridgehead atoms. The molecule has 7 nitrogen and oxygen atoms in total. The summed E-state index contributed by atoms with van der Waals surface area (Å²) >= 11 is 7.82. The second kappa shape index (κ2) is 10.5. The number of likely N-dealkylation sites (N-methyl/N-ethyl adjacent to an activating group) is 1. The maximum atomic E-state index is 13.7. The van der Waals surface area contributed by atoms with Gasteiger partial charge >= 0.3 is 0 Å². The third-order valence-electron chi connectivity index (χ3n) is 6.54. The minimum absolute atomic E-state index is 0.0752. The van der Waals surface area contributed by atoms with Crippen molar-refractivity contribution >= 4 is 54.2 Å². The Morgan fingerprint density at radius 3 is 2.31 bits per heavy atom. The summed E-state index contributed by atoms with van der Waals surface area (Å²) in [5.41, 5.74) is 2.21. The number of nitrogens with zero attached hydrogens (tertiary/aromatic N) is 4. The second-order valence-electron chi connectivity index (χ2n) is 8.80. The van der Waals surface area contributed by atoms with Gasteiger partial charge in [0.05, 0.1) is 20.1 Å². The number of sulfonamides is 1. The van der Waals surface area contributed by atoms with Crippen molar-refractivity contribution in [2.75, 3.05) is 38.1 Å². The molecule has 4 rings (SSSR count). The molecule has 1 amide bonds. The van der Waals surface area contributed by atoms with Crippen molar-refractivity contribution in [1.82, 2.24) is 14.2 Å². The van der Waals surface area contributed by atoms with Crippen LogP contribution in [-0.4, -0.2) is 67.8 Å². The topological polar surface area (TPSA) is 73.8 Å². The minimum Gasteiger partial charge on any atom is -0.302 e. The van der Waals surface area contributed by atoms with E-state index in [1.807, 2.05) is 19.1 Å². The van der Waals surface area contributed by atoms with E-state index in [0.29, 0.717) is 28.8 Å². The normalized spacial score (nSPS) is 14.3. The second-order valence-corrected chi connectivity index (χ2v) is 12.2. The number of carbonyl (C=O) groups excluding carboxylic acids is 1. The molecule has 1 fully saturated rings. The Bertz CT molecular complexity index is 1280. The van der Waals surface area contributed by atoms with Crippen LogP contribution in [0.4, 0.5) is 5.13 Å². The third kappa shape index (κ3) is 5.39. The Kier molecular flexibility index (Phi) is 7.83. The molecule has 0 aliphatic heterocycles. The number of benzene rings is 2. The fourth-order valence-electron chi connectivity index (χ4n) is 4.00. The van der Waals surface area contributed by atoms with E-state index >= 15 is 0 Å². The molecule has 3 aromatic rings. The molecule has 35 heavy (non-hydrogen) atoms. The maximum absolute atomic E-state index is 13.7. The zero-order valence-electron chi connectivity index (χ0n) is 20.5. The van der Waals surface area contributed by atoms with Crippen molar-refractivity contribution < 1.29 is 13.2 Å². The van der Waals surface area contributed by atoms with Gasteiger partial charge in [0, 0.05) is 31.7 Å². The number of hydrogen-bond acceptors (Lipinski definition) is 6. The molecular weight excluding hydrogens is 504 g/mol. The molecule has 0 saturated heterocycles. The molecule has 1 aliphatic rings. The van der Waals surface area contributed by atoms with E-state index in [1.165, 1.54) is 27.8 Å². The van der Waals surface area contributed by atoms with Crippen LogP contribution in [0.15, 0.2) is 41.3 Å². The quantitative estimate of drug-likeness (QED) is 0.365. The molecular formula is C25H31ClN4O3S2. The summed E-state index contributed by atoms with van der Waals surface area (Å²) in [4.78, 5) is 22.6. The van der Waals surface area contributed by atoms with E-state index in [-0.39, 0.29) is 16.8 Å². The highest BCUT2D eigenvalue weighted by atomic mass is 35.5. The number of anilines is 1. The Morgan fingerprint density at radius 1 is 1.09 bits per heavy atom. The standard InChI is InChI=1S/C25H31ClN4O3S2/c1-5-29(6-2)15-16-30(25-27-22-17(3)7-14-21(26)23(22)34-25)24(31)18-8-12-20(13-9-18)35(32,33)28(4)19-10-11-19/h7-9,12-14,19H,5-6,10-11,15-16H2,1-4H3. The first-order valence-corrected chi connectivity index (χ1v) is 14.5. The lowest BCUT2D eigenvalue weighted by Crippen LogP contribution is -2.39. The Labute approximate surface area is 216 Å². The van der Waals surface area contributed by atoms with Crippen LogP contribution < -0.4 is 4.90 Å².